The predicted octanol–water partition coefficient (Wildman–Crippen LogP) is 2.45. The van der Waals surface area contributed by atoms with Crippen LogP contribution in [0.4, 0.5) is 0 Å². The largest absolute Gasteiger partial charge is 0.329 e. The summed E-state index contributed by atoms with van der Waals surface area (Å²) in [6.45, 7) is 4.40. The lowest BCUT2D eigenvalue weighted by Crippen LogP contribution is -2.25. The lowest BCUT2D eigenvalue weighted by molar-refractivity contribution is 0.0794. The summed E-state index contributed by atoms with van der Waals surface area (Å²) in [6.07, 6.45) is 1.72. The number of rotatable bonds is 3. The van der Waals surface area contributed by atoms with E-state index in [9.17, 15) is 4.79 Å². The van der Waals surface area contributed by atoms with E-state index in [-0.39, 0.29) is 12.5 Å². The molecule has 6 heteroatoms. The summed E-state index contributed by atoms with van der Waals surface area (Å²) in [5.74, 6) is 5.71. The van der Waals surface area contributed by atoms with Crippen LogP contribution in [0.2, 0.25) is 0 Å². The number of nitriles is 1. The van der Waals surface area contributed by atoms with Crippen LogP contribution in [0.25, 0.3) is 22.0 Å². The number of amides is 1. The first-order valence-corrected chi connectivity index (χ1v) is 7.81. The molecule has 1 aliphatic heterocycles. The normalized spacial score (nSPS) is 13.1. The van der Waals surface area contributed by atoms with Crippen molar-refractivity contribution in [1.29, 1.82) is 5.26 Å². The third-order valence-electron chi connectivity index (χ3n) is 4.49. The van der Waals surface area contributed by atoms with Crippen molar-refractivity contribution in [1.82, 2.24) is 14.8 Å². The van der Waals surface area contributed by atoms with Gasteiger partial charge in [0.2, 0.25) is 0 Å². The van der Waals surface area contributed by atoms with Gasteiger partial charge in [0, 0.05) is 23.1 Å². The molecule has 4 rings (SSSR count). The Morgan fingerprint density at radius 1 is 1.32 bits per heavy atom. The SMILES string of the molecule is C=C(C#N)CN1Cc2c(cccc2-c2ccc3c(cnn3N)c2)C1=O. The van der Waals surface area contributed by atoms with Crippen LogP contribution in [-0.2, 0) is 6.54 Å². The van der Waals surface area contributed by atoms with E-state index in [0.717, 1.165) is 27.6 Å². The van der Waals surface area contributed by atoms with E-state index >= 15 is 0 Å². The molecule has 0 saturated heterocycles. The number of hydrogen-bond acceptors (Lipinski definition) is 4. The number of benzene rings is 2. The predicted molar refractivity (Wildman–Crippen MR) is 94.8 cm³/mol. The first kappa shape index (κ1) is 15.0. The van der Waals surface area contributed by atoms with Gasteiger partial charge in [-0.25, -0.2) is 0 Å². The van der Waals surface area contributed by atoms with Crippen LogP contribution < -0.4 is 5.84 Å². The highest BCUT2D eigenvalue weighted by atomic mass is 16.2. The molecular weight excluding hydrogens is 314 g/mol. The fourth-order valence-corrected chi connectivity index (χ4v) is 3.28. The second-order valence-electron chi connectivity index (χ2n) is 6.07. The van der Waals surface area contributed by atoms with Crippen molar-refractivity contribution >= 4 is 16.8 Å². The molecule has 1 amide bonds. The van der Waals surface area contributed by atoms with E-state index in [2.05, 4.69) is 11.7 Å². The number of carbonyl (C=O) groups is 1. The van der Waals surface area contributed by atoms with Gasteiger partial charge in [0.15, 0.2) is 0 Å². The fraction of sp³-hybridized carbons (Fsp3) is 0.105. The molecule has 0 saturated carbocycles. The van der Waals surface area contributed by atoms with Gasteiger partial charge in [0.1, 0.15) is 0 Å². The van der Waals surface area contributed by atoms with Gasteiger partial charge in [0.05, 0.1) is 24.3 Å². The van der Waals surface area contributed by atoms with Crippen molar-refractivity contribution in [3.8, 4) is 17.2 Å². The fourth-order valence-electron chi connectivity index (χ4n) is 3.28. The zero-order valence-electron chi connectivity index (χ0n) is 13.4. The molecule has 6 nitrogen and oxygen atoms in total. The minimum absolute atomic E-state index is 0.0656. The van der Waals surface area contributed by atoms with Crippen molar-refractivity contribution in [3.63, 3.8) is 0 Å². The Morgan fingerprint density at radius 2 is 2.12 bits per heavy atom. The first-order valence-electron chi connectivity index (χ1n) is 7.81. The van der Waals surface area contributed by atoms with Crippen LogP contribution >= 0.6 is 0 Å². The van der Waals surface area contributed by atoms with Gasteiger partial charge >= 0.3 is 0 Å². The minimum atomic E-state index is -0.0656. The summed E-state index contributed by atoms with van der Waals surface area (Å²) in [7, 11) is 0. The van der Waals surface area contributed by atoms with Gasteiger partial charge in [-0.2, -0.15) is 15.2 Å². The maximum Gasteiger partial charge on any atom is 0.254 e. The van der Waals surface area contributed by atoms with Crippen molar-refractivity contribution in [3.05, 3.63) is 65.9 Å². The highest BCUT2D eigenvalue weighted by Gasteiger charge is 2.29. The molecule has 1 aliphatic rings. The maximum absolute atomic E-state index is 12.6. The van der Waals surface area contributed by atoms with Crippen molar-refractivity contribution in [2.75, 3.05) is 12.4 Å². The molecule has 2 heterocycles. The Balaban J connectivity index is 1.77. The molecule has 0 aliphatic carbocycles. The van der Waals surface area contributed by atoms with Crippen LogP contribution in [0.5, 0.6) is 0 Å². The van der Waals surface area contributed by atoms with Crippen LogP contribution in [-0.4, -0.2) is 27.2 Å². The van der Waals surface area contributed by atoms with Crippen molar-refractivity contribution in [2.45, 2.75) is 6.54 Å². The topological polar surface area (TPSA) is 87.9 Å². The molecule has 0 fully saturated rings. The van der Waals surface area contributed by atoms with Crippen LogP contribution in [0, 0.1) is 11.3 Å². The molecule has 122 valence electrons. The second-order valence-corrected chi connectivity index (χ2v) is 6.07. The number of carbonyl (C=O) groups excluding carboxylic acids is 1. The zero-order chi connectivity index (χ0) is 17.6. The first-order chi connectivity index (χ1) is 12.1. The van der Waals surface area contributed by atoms with Crippen LogP contribution in [0.15, 0.2) is 54.7 Å². The Hall–Kier alpha value is -3.59. The van der Waals surface area contributed by atoms with Crippen molar-refractivity contribution < 1.29 is 4.79 Å². The van der Waals surface area contributed by atoms with Gasteiger partial charge < -0.3 is 10.7 Å². The average molecular weight is 329 g/mol. The molecule has 0 atom stereocenters. The summed E-state index contributed by atoms with van der Waals surface area (Å²) >= 11 is 0. The lowest BCUT2D eigenvalue weighted by atomic mass is 9.96. The van der Waals surface area contributed by atoms with Gasteiger partial charge in [-0.3, -0.25) is 4.79 Å². The number of nitrogens with zero attached hydrogens (tertiary/aromatic N) is 4. The highest BCUT2D eigenvalue weighted by Crippen LogP contribution is 2.34. The Kier molecular flexibility index (Phi) is 3.29. The number of nitrogen functional groups attached to an aromatic ring is 1. The molecule has 3 aromatic rings. The molecule has 0 radical (unpaired) electrons. The molecule has 2 aromatic carbocycles. The van der Waals surface area contributed by atoms with E-state index in [0.29, 0.717) is 17.7 Å². The van der Waals surface area contributed by atoms with E-state index in [1.165, 1.54) is 4.79 Å². The summed E-state index contributed by atoms with van der Waals surface area (Å²) in [5, 5.41) is 13.9. The van der Waals surface area contributed by atoms with Gasteiger partial charge in [-0.05, 0) is 34.9 Å². The monoisotopic (exact) mass is 329 g/mol. The zero-order valence-corrected chi connectivity index (χ0v) is 13.4. The van der Waals surface area contributed by atoms with Gasteiger partial charge in [-0.15, -0.1) is 0 Å². The average Bonchev–Trinajstić information content (AvgIpc) is 3.15. The third-order valence-corrected chi connectivity index (χ3v) is 4.49. The minimum Gasteiger partial charge on any atom is -0.329 e. The van der Waals surface area contributed by atoms with Gasteiger partial charge in [0.25, 0.3) is 5.91 Å². The number of hydrogen-bond donors (Lipinski definition) is 1. The van der Waals surface area contributed by atoms with Crippen molar-refractivity contribution in [2.24, 2.45) is 0 Å². The molecule has 25 heavy (non-hydrogen) atoms. The summed E-state index contributed by atoms with van der Waals surface area (Å²) < 4.78 is 0. The highest BCUT2D eigenvalue weighted by molar-refractivity contribution is 6.01. The van der Waals surface area contributed by atoms with E-state index < -0.39 is 0 Å². The van der Waals surface area contributed by atoms with Gasteiger partial charge in [-0.1, -0.05) is 24.8 Å². The summed E-state index contributed by atoms with van der Waals surface area (Å²) in [5.41, 5.74) is 4.88. The molecular formula is C19H15N5O. The molecule has 0 spiro atoms. The van der Waals surface area contributed by atoms with E-state index in [1.54, 1.807) is 11.1 Å². The van der Waals surface area contributed by atoms with E-state index in [1.807, 2.05) is 42.5 Å². The third kappa shape index (κ3) is 2.34. The summed E-state index contributed by atoms with van der Waals surface area (Å²) in [6, 6.07) is 13.6. The maximum atomic E-state index is 12.6. The molecule has 0 bridgehead atoms. The summed E-state index contributed by atoms with van der Waals surface area (Å²) in [4.78, 5) is 15.6. The Labute approximate surface area is 144 Å². The Bertz CT molecular complexity index is 1070. The number of aromatic nitrogens is 2. The smallest absolute Gasteiger partial charge is 0.254 e. The number of fused-ring (bicyclic) bond motifs is 2. The molecule has 2 N–H and O–H groups in total. The number of nitrogens with two attached hydrogens (primary N) is 1. The van der Waals surface area contributed by atoms with E-state index in [4.69, 9.17) is 11.1 Å². The van der Waals surface area contributed by atoms with Crippen LogP contribution in [0.1, 0.15) is 15.9 Å². The Morgan fingerprint density at radius 3 is 2.92 bits per heavy atom. The lowest BCUT2D eigenvalue weighted by Gasteiger charge is -2.14. The van der Waals surface area contributed by atoms with Crippen LogP contribution in [0.3, 0.4) is 0 Å². The molecule has 0 unspecified atom stereocenters. The standard InChI is InChI=1S/C19H15N5O/c1-12(8-20)10-23-11-17-15(3-2-4-16(17)19(23)25)13-5-6-18-14(7-13)9-22-24(18)21/h2-7,9H,1,10-11,21H2. The quantitative estimate of drug-likeness (QED) is 0.590. The second kappa shape index (κ2) is 5.49. The molecule has 1 aromatic heterocycles.